The number of carbonyl (C=O) groups is 1. The zero-order valence-electron chi connectivity index (χ0n) is 10.9. The summed E-state index contributed by atoms with van der Waals surface area (Å²) in [5.41, 5.74) is 0.629. The lowest BCUT2D eigenvalue weighted by molar-refractivity contribution is 0.0703. The number of amides is 1. The van der Waals surface area contributed by atoms with Crippen molar-refractivity contribution < 1.29 is 9.21 Å². The molecule has 1 amide bonds. The van der Waals surface area contributed by atoms with Gasteiger partial charge in [0, 0.05) is 19.1 Å². The van der Waals surface area contributed by atoms with E-state index in [1.54, 1.807) is 12.3 Å². The number of halogens is 1. The Morgan fingerprint density at radius 2 is 2.11 bits per heavy atom. The Balaban J connectivity index is 1.49. The molecule has 0 aromatic carbocycles. The highest BCUT2D eigenvalue weighted by molar-refractivity contribution is 9.10. The first-order valence-electron chi connectivity index (χ1n) is 6.99. The van der Waals surface area contributed by atoms with Gasteiger partial charge in [0.15, 0.2) is 4.67 Å². The fourth-order valence-electron chi connectivity index (χ4n) is 2.56. The molecule has 2 aliphatic rings. The number of likely N-dealkylation sites (tertiary alicyclic amines) is 1. The van der Waals surface area contributed by atoms with Crippen molar-refractivity contribution >= 4 is 21.8 Å². The minimum absolute atomic E-state index is 0.0706. The standard InChI is InChI=1S/C14H19BrN2O2/c15-13-12(5-8-19-13)14(18)17-6-3-11(4-7-17)16-9-10-1-2-10/h5,8,10-11,16H,1-4,6-7,9H2. The summed E-state index contributed by atoms with van der Waals surface area (Å²) >= 11 is 3.27. The minimum atomic E-state index is 0.0706. The number of nitrogens with zero attached hydrogens (tertiary/aromatic N) is 1. The zero-order chi connectivity index (χ0) is 13.2. The average Bonchev–Trinajstić information content (AvgIpc) is 3.17. The van der Waals surface area contributed by atoms with Crippen LogP contribution in [0.15, 0.2) is 21.4 Å². The van der Waals surface area contributed by atoms with E-state index in [1.807, 2.05) is 4.90 Å². The van der Waals surface area contributed by atoms with Gasteiger partial charge in [-0.15, -0.1) is 0 Å². The summed E-state index contributed by atoms with van der Waals surface area (Å²) in [5, 5.41) is 3.62. The normalized spacial score (nSPS) is 20.8. The van der Waals surface area contributed by atoms with Crippen molar-refractivity contribution in [1.29, 1.82) is 0 Å². The SMILES string of the molecule is O=C(c1ccoc1Br)N1CCC(NCC2CC2)CC1. The molecular weight excluding hydrogens is 308 g/mol. The molecule has 1 aromatic heterocycles. The highest BCUT2D eigenvalue weighted by Gasteiger charge is 2.27. The number of carbonyl (C=O) groups excluding carboxylic acids is 1. The van der Waals surface area contributed by atoms with Crippen molar-refractivity contribution in [2.45, 2.75) is 31.7 Å². The van der Waals surface area contributed by atoms with Crippen LogP contribution >= 0.6 is 15.9 Å². The molecule has 2 heterocycles. The molecule has 104 valence electrons. The van der Waals surface area contributed by atoms with E-state index in [4.69, 9.17) is 4.42 Å². The van der Waals surface area contributed by atoms with Gasteiger partial charge in [0.1, 0.15) is 0 Å². The predicted octanol–water partition coefficient (Wildman–Crippen LogP) is 2.65. The van der Waals surface area contributed by atoms with Crippen molar-refractivity contribution in [3.8, 4) is 0 Å². The van der Waals surface area contributed by atoms with Gasteiger partial charge in [-0.05, 0) is 60.1 Å². The van der Waals surface area contributed by atoms with E-state index in [9.17, 15) is 4.79 Å². The highest BCUT2D eigenvalue weighted by atomic mass is 79.9. The second-order valence-electron chi connectivity index (χ2n) is 5.53. The molecule has 5 heteroatoms. The Hall–Kier alpha value is -0.810. The van der Waals surface area contributed by atoms with Gasteiger partial charge in [0.05, 0.1) is 11.8 Å². The Labute approximate surface area is 121 Å². The Morgan fingerprint density at radius 3 is 2.68 bits per heavy atom. The third-order valence-electron chi connectivity index (χ3n) is 4.02. The van der Waals surface area contributed by atoms with Crippen molar-refractivity contribution in [2.75, 3.05) is 19.6 Å². The molecule has 1 saturated carbocycles. The second-order valence-corrected chi connectivity index (χ2v) is 6.25. The fraction of sp³-hybridized carbons (Fsp3) is 0.643. The van der Waals surface area contributed by atoms with Crippen molar-refractivity contribution in [3.63, 3.8) is 0 Å². The monoisotopic (exact) mass is 326 g/mol. The van der Waals surface area contributed by atoms with Crippen LogP contribution in [0.5, 0.6) is 0 Å². The van der Waals surface area contributed by atoms with Gasteiger partial charge in [-0.25, -0.2) is 0 Å². The molecule has 19 heavy (non-hydrogen) atoms. The molecule has 0 unspecified atom stereocenters. The summed E-state index contributed by atoms with van der Waals surface area (Å²) in [6, 6.07) is 2.31. The Bertz CT molecular complexity index is 448. The molecule has 0 radical (unpaired) electrons. The third kappa shape index (κ3) is 3.20. The minimum Gasteiger partial charge on any atom is -0.457 e. The molecule has 0 atom stereocenters. The Kier molecular flexibility index (Phi) is 3.93. The molecule has 2 fully saturated rings. The largest absolute Gasteiger partial charge is 0.457 e. The molecule has 1 saturated heterocycles. The summed E-state index contributed by atoms with van der Waals surface area (Å²) in [5.74, 6) is 0.989. The van der Waals surface area contributed by atoms with Crippen LogP contribution < -0.4 is 5.32 Å². The van der Waals surface area contributed by atoms with E-state index in [-0.39, 0.29) is 5.91 Å². The van der Waals surface area contributed by atoms with Gasteiger partial charge in [0.25, 0.3) is 5.91 Å². The number of piperidine rings is 1. The van der Waals surface area contributed by atoms with E-state index in [1.165, 1.54) is 12.8 Å². The first-order valence-corrected chi connectivity index (χ1v) is 7.79. The van der Waals surface area contributed by atoms with Gasteiger partial charge in [-0.2, -0.15) is 0 Å². The van der Waals surface area contributed by atoms with E-state index >= 15 is 0 Å². The van der Waals surface area contributed by atoms with Gasteiger partial charge in [0.2, 0.25) is 0 Å². The van der Waals surface area contributed by atoms with Gasteiger partial charge < -0.3 is 14.6 Å². The molecule has 1 N–H and O–H groups in total. The first-order chi connectivity index (χ1) is 9.24. The summed E-state index contributed by atoms with van der Waals surface area (Å²) in [6.07, 6.45) is 6.42. The quantitative estimate of drug-likeness (QED) is 0.925. The molecule has 1 aromatic rings. The number of nitrogens with one attached hydrogen (secondary N) is 1. The van der Waals surface area contributed by atoms with E-state index < -0.39 is 0 Å². The van der Waals surface area contributed by atoms with Crippen molar-refractivity contribution in [3.05, 3.63) is 22.6 Å². The fourth-order valence-corrected chi connectivity index (χ4v) is 2.97. The smallest absolute Gasteiger partial charge is 0.258 e. The third-order valence-corrected chi connectivity index (χ3v) is 4.64. The van der Waals surface area contributed by atoms with Crippen molar-refractivity contribution in [1.82, 2.24) is 10.2 Å². The van der Waals surface area contributed by atoms with Crippen LogP contribution in [0.1, 0.15) is 36.0 Å². The lowest BCUT2D eigenvalue weighted by Crippen LogP contribution is -2.45. The number of hydrogen-bond donors (Lipinski definition) is 1. The van der Waals surface area contributed by atoms with Crippen molar-refractivity contribution in [2.24, 2.45) is 5.92 Å². The van der Waals surface area contributed by atoms with Crippen LogP contribution in [0.4, 0.5) is 0 Å². The van der Waals surface area contributed by atoms with E-state index in [0.717, 1.165) is 38.4 Å². The number of hydrogen-bond acceptors (Lipinski definition) is 3. The number of rotatable bonds is 4. The maximum Gasteiger partial charge on any atom is 0.258 e. The maximum absolute atomic E-state index is 12.3. The second kappa shape index (κ2) is 5.67. The topological polar surface area (TPSA) is 45.5 Å². The number of furan rings is 1. The van der Waals surface area contributed by atoms with Crippen LogP contribution in [0.2, 0.25) is 0 Å². The van der Waals surface area contributed by atoms with Gasteiger partial charge in [-0.1, -0.05) is 0 Å². The van der Waals surface area contributed by atoms with Crippen LogP contribution in [-0.4, -0.2) is 36.5 Å². The summed E-state index contributed by atoms with van der Waals surface area (Å²) in [7, 11) is 0. The maximum atomic E-state index is 12.3. The summed E-state index contributed by atoms with van der Waals surface area (Å²) in [6.45, 7) is 2.82. The Morgan fingerprint density at radius 1 is 1.37 bits per heavy atom. The highest BCUT2D eigenvalue weighted by Crippen LogP contribution is 2.28. The summed E-state index contributed by atoms with van der Waals surface area (Å²) < 4.78 is 5.66. The lowest BCUT2D eigenvalue weighted by atomic mass is 10.0. The van der Waals surface area contributed by atoms with Crippen LogP contribution in [0, 0.1) is 5.92 Å². The van der Waals surface area contributed by atoms with Gasteiger partial charge >= 0.3 is 0 Å². The average molecular weight is 327 g/mol. The molecule has 0 spiro atoms. The molecule has 3 rings (SSSR count). The zero-order valence-corrected chi connectivity index (χ0v) is 12.5. The van der Waals surface area contributed by atoms with Crippen LogP contribution in [-0.2, 0) is 0 Å². The predicted molar refractivity (Wildman–Crippen MR) is 76.1 cm³/mol. The first kappa shape index (κ1) is 13.2. The summed E-state index contributed by atoms with van der Waals surface area (Å²) in [4.78, 5) is 14.2. The van der Waals surface area contributed by atoms with Crippen LogP contribution in [0.25, 0.3) is 0 Å². The van der Waals surface area contributed by atoms with E-state index in [0.29, 0.717) is 16.3 Å². The lowest BCUT2D eigenvalue weighted by Gasteiger charge is -2.32. The molecular formula is C14H19BrN2O2. The molecule has 1 aliphatic heterocycles. The van der Waals surface area contributed by atoms with Gasteiger partial charge in [-0.3, -0.25) is 4.79 Å². The molecule has 1 aliphatic carbocycles. The molecule has 0 bridgehead atoms. The van der Waals surface area contributed by atoms with E-state index in [2.05, 4.69) is 21.2 Å². The van der Waals surface area contributed by atoms with Crippen LogP contribution in [0.3, 0.4) is 0 Å². The molecule has 4 nitrogen and oxygen atoms in total.